The van der Waals surface area contributed by atoms with Crippen molar-refractivity contribution in [3.63, 3.8) is 0 Å². The Morgan fingerprint density at radius 1 is 1.50 bits per heavy atom. The number of nitrogens with zero attached hydrogens (tertiary/aromatic N) is 3. The zero-order valence-electron chi connectivity index (χ0n) is 8.80. The van der Waals surface area contributed by atoms with E-state index in [9.17, 15) is 10.3 Å². The molecule has 0 unspecified atom stereocenters. The first kappa shape index (κ1) is 9.73. The number of fused-ring (bicyclic) bond motifs is 3. The third kappa shape index (κ3) is 0.966. The van der Waals surface area contributed by atoms with Crippen LogP contribution in [0.3, 0.4) is 0 Å². The highest BCUT2D eigenvalue weighted by atomic mass is 16.6. The molecule has 1 aromatic rings. The highest BCUT2D eigenvalue weighted by Gasteiger charge is 2.60. The molecule has 7 nitrogen and oxygen atoms in total. The highest BCUT2D eigenvalue weighted by molar-refractivity contribution is 5.92. The van der Waals surface area contributed by atoms with Crippen molar-refractivity contribution in [2.75, 3.05) is 0 Å². The van der Waals surface area contributed by atoms with E-state index in [1.54, 1.807) is 6.92 Å². The number of nitrogens with two attached hydrogens (primary N) is 1. The molecule has 0 spiro atoms. The maximum Gasteiger partial charge on any atom is 0.225 e. The SMILES string of the molecule is C[C@@]1(N)C[C@]2(O)C(=[N+]1[O-])CCc1nonc12. The molecule has 2 aliphatic rings. The first-order valence-corrected chi connectivity index (χ1v) is 5.12. The van der Waals surface area contributed by atoms with Gasteiger partial charge in [-0.1, -0.05) is 10.3 Å². The molecule has 7 heteroatoms. The minimum Gasteiger partial charge on any atom is -0.622 e. The van der Waals surface area contributed by atoms with Crippen LogP contribution in [0.2, 0.25) is 0 Å². The molecule has 0 bridgehead atoms. The van der Waals surface area contributed by atoms with Gasteiger partial charge in [0.05, 0.1) is 6.42 Å². The summed E-state index contributed by atoms with van der Waals surface area (Å²) in [6, 6.07) is 0. The summed E-state index contributed by atoms with van der Waals surface area (Å²) in [6.07, 6.45) is 1.10. The van der Waals surface area contributed by atoms with E-state index in [1.807, 2.05) is 0 Å². The van der Waals surface area contributed by atoms with Crippen molar-refractivity contribution in [1.82, 2.24) is 10.3 Å². The number of rotatable bonds is 0. The van der Waals surface area contributed by atoms with E-state index in [4.69, 9.17) is 5.73 Å². The zero-order chi connectivity index (χ0) is 11.6. The van der Waals surface area contributed by atoms with E-state index in [0.29, 0.717) is 34.7 Å². The second-order valence-corrected chi connectivity index (χ2v) is 4.69. The average molecular weight is 224 g/mol. The predicted molar refractivity (Wildman–Crippen MR) is 52.4 cm³/mol. The Hall–Kier alpha value is -1.47. The molecular weight excluding hydrogens is 212 g/mol. The summed E-state index contributed by atoms with van der Waals surface area (Å²) < 4.78 is 5.31. The van der Waals surface area contributed by atoms with E-state index in [0.717, 1.165) is 0 Å². The summed E-state index contributed by atoms with van der Waals surface area (Å²) in [5.74, 6) is 0. The van der Waals surface area contributed by atoms with Crippen molar-refractivity contribution in [3.05, 3.63) is 16.6 Å². The van der Waals surface area contributed by atoms with Gasteiger partial charge >= 0.3 is 0 Å². The molecule has 0 amide bonds. The lowest BCUT2D eigenvalue weighted by Crippen LogP contribution is -2.43. The minimum atomic E-state index is -1.40. The van der Waals surface area contributed by atoms with E-state index in [-0.39, 0.29) is 6.42 Å². The van der Waals surface area contributed by atoms with Gasteiger partial charge in [0.25, 0.3) is 0 Å². The van der Waals surface area contributed by atoms with Crippen LogP contribution in [-0.4, -0.2) is 31.5 Å². The Kier molecular flexibility index (Phi) is 1.59. The van der Waals surface area contributed by atoms with Crippen molar-refractivity contribution in [3.8, 4) is 0 Å². The second kappa shape index (κ2) is 2.61. The number of hydrogen-bond acceptors (Lipinski definition) is 6. The fraction of sp³-hybridized carbons (Fsp3) is 0.667. The molecule has 0 radical (unpaired) electrons. The third-order valence-corrected chi connectivity index (χ3v) is 3.35. The van der Waals surface area contributed by atoms with Crippen LogP contribution in [0.15, 0.2) is 4.63 Å². The molecule has 0 fully saturated rings. The summed E-state index contributed by atoms with van der Waals surface area (Å²) in [6.45, 7) is 1.59. The number of aliphatic hydroxyl groups is 1. The first-order chi connectivity index (χ1) is 7.45. The van der Waals surface area contributed by atoms with Gasteiger partial charge < -0.3 is 10.3 Å². The molecular formula is C9H12N4O3. The zero-order valence-corrected chi connectivity index (χ0v) is 8.80. The standard InChI is InChI=1S/C9H12N4O3/c1-8(10)4-9(14)6(13(8)15)3-2-5-7(9)12-16-11-5/h14H,2-4,10H2,1H3/t8-,9-/m0/s1. The maximum absolute atomic E-state index is 11.9. The Morgan fingerprint density at radius 3 is 3.00 bits per heavy atom. The van der Waals surface area contributed by atoms with Crippen molar-refractivity contribution in [2.24, 2.45) is 5.73 Å². The summed E-state index contributed by atoms with van der Waals surface area (Å²) in [4.78, 5) is 0. The van der Waals surface area contributed by atoms with Gasteiger partial charge in [-0.25, -0.2) is 4.63 Å². The fourth-order valence-electron chi connectivity index (χ4n) is 2.62. The molecule has 1 aliphatic carbocycles. The Balaban J connectivity index is 2.22. The van der Waals surface area contributed by atoms with Crippen LogP contribution < -0.4 is 5.73 Å². The molecule has 3 rings (SSSR count). The largest absolute Gasteiger partial charge is 0.622 e. The highest BCUT2D eigenvalue weighted by Crippen LogP contribution is 2.41. The summed E-state index contributed by atoms with van der Waals surface area (Å²) in [5, 5.41) is 29.9. The maximum atomic E-state index is 11.9. The third-order valence-electron chi connectivity index (χ3n) is 3.35. The average Bonchev–Trinajstić information content (AvgIpc) is 2.70. The van der Waals surface area contributed by atoms with Crippen LogP contribution >= 0.6 is 0 Å². The van der Waals surface area contributed by atoms with Gasteiger partial charge in [-0.15, -0.1) is 0 Å². The predicted octanol–water partition coefficient (Wildman–Crippen LogP) is -0.767. The van der Waals surface area contributed by atoms with Crippen LogP contribution in [0.25, 0.3) is 0 Å². The lowest BCUT2D eigenvalue weighted by atomic mass is 9.81. The molecule has 16 heavy (non-hydrogen) atoms. The molecule has 1 aromatic heterocycles. The van der Waals surface area contributed by atoms with Gasteiger partial charge in [0.1, 0.15) is 5.69 Å². The van der Waals surface area contributed by atoms with Crippen LogP contribution in [0.1, 0.15) is 31.2 Å². The topological polar surface area (TPSA) is 111 Å². The van der Waals surface area contributed by atoms with Gasteiger partial charge in [0.15, 0.2) is 5.69 Å². The van der Waals surface area contributed by atoms with Crippen LogP contribution in [0, 0.1) is 5.21 Å². The number of hydrogen-bond donors (Lipinski definition) is 2. The van der Waals surface area contributed by atoms with E-state index < -0.39 is 11.3 Å². The van der Waals surface area contributed by atoms with Gasteiger partial charge in [-0.2, -0.15) is 4.74 Å². The smallest absolute Gasteiger partial charge is 0.225 e. The monoisotopic (exact) mass is 224 g/mol. The summed E-state index contributed by atoms with van der Waals surface area (Å²) in [7, 11) is 0. The van der Waals surface area contributed by atoms with Gasteiger partial charge in [0.2, 0.25) is 17.0 Å². The van der Waals surface area contributed by atoms with Crippen molar-refractivity contribution in [1.29, 1.82) is 0 Å². The summed E-state index contributed by atoms with van der Waals surface area (Å²) in [5.41, 5.74) is 4.64. The fourth-order valence-corrected chi connectivity index (χ4v) is 2.62. The summed E-state index contributed by atoms with van der Waals surface area (Å²) >= 11 is 0. The Morgan fingerprint density at radius 2 is 2.25 bits per heavy atom. The number of aryl methyl sites for hydroxylation is 1. The minimum absolute atomic E-state index is 0.111. The van der Waals surface area contributed by atoms with Gasteiger partial charge in [0, 0.05) is 19.8 Å². The Bertz CT molecular complexity index is 493. The van der Waals surface area contributed by atoms with Crippen LogP contribution in [-0.2, 0) is 12.0 Å². The molecule has 0 aromatic carbocycles. The number of hydroxylamine groups is 1. The van der Waals surface area contributed by atoms with Crippen LogP contribution in [0.4, 0.5) is 0 Å². The normalized spacial score (nSPS) is 37.4. The Labute approximate surface area is 91.1 Å². The van der Waals surface area contributed by atoms with Gasteiger partial charge in [-0.3, -0.25) is 5.73 Å². The van der Waals surface area contributed by atoms with Crippen molar-refractivity contribution in [2.45, 2.75) is 37.5 Å². The van der Waals surface area contributed by atoms with E-state index in [1.165, 1.54) is 0 Å². The lowest BCUT2D eigenvalue weighted by molar-refractivity contribution is -0.536. The van der Waals surface area contributed by atoms with E-state index >= 15 is 0 Å². The molecule has 2 heterocycles. The van der Waals surface area contributed by atoms with Crippen molar-refractivity contribution >= 4 is 5.71 Å². The second-order valence-electron chi connectivity index (χ2n) is 4.69. The molecule has 86 valence electrons. The van der Waals surface area contributed by atoms with Gasteiger partial charge in [-0.05, 0) is 0 Å². The lowest BCUT2D eigenvalue weighted by Gasteiger charge is -2.22. The van der Waals surface area contributed by atoms with E-state index in [2.05, 4.69) is 14.9 Å². The quantitative estimate of drug-likeness (QED) is 0.442. The first-order valence-electron chi connectivity index (χ1n) is 5.12. The molecule has 0 saturated heterocycles. The molecule has 2 atom stereocenters. The molecule has 1 aliphatic heterocycles. The molecule has 3 N–H and O–H groups in total. The molecule has 0 saturated carbocycles. The number of aromatic nitrogens is 2. The van der Waals surface area contributed by atoms with Crippen molar-refractivity contribution < 1.29 is 14.5 Å². The van der Waals surface area contributed by atoms with Crippen LogP contribution in [0.5, 0.6) is 0 Å².